The molecule has 2 aliphatic heterocycles. The molecule has 3 atom stereocenters. The van der Waals surface area contributed by atoms with Crippen molar-refractivity contribution in [3.63, 3.8) is 0 Å². The van der Waals surface area contributed by atoms with Crippen LogP contribution in [0.5, 0.6) is 0 Å². The predicted octanol–water partition coefficient (Wildman–Crippen LogP) is 1.16. The summed E-state index contributed by atoms with van der Waals surface area (Å²) in [5, 5.41) is 10.7. The zero-order valence-corrected chi connectivity index (χ0v) is 13.4. The Kier molecular flexibility index (Phi) is 3.74. The third kappa shape index (κ3) is 2.24. The van der Waals surface area contributed by atoms with Crippen molar-refractivity contribution in [2.75, 3.05) is 7.11 Å². The van der Waals surface area contributed by atoms with Gasteiger partial charge in [-0.05, 0) is 25.3 Å². The van der Waals surface area contributed by atoms with Crippen molar-refractivity contribution in [1.82, 2.24) is 4.31 Å². The Hall–Kier alpha value is -1.45. The number of ether oxygens (including phenoxy) is 1. The maximum Gasteiger partial charge on any atom is 0.338 e. The van der Waals surface area contributed by atoms with E-state index in [2.05, 4.69) is 4.74 Å². The SMILES string of the molecule is COC(=O)c1csc(S(=O)(=O)N2C3CCC2C(C(=O)O)C3)c1. The summed E-state index contributed by atoms with van der Waals surface area (Å²) in [5.74, 6) is -2.19. The molecule has 22 heavy (non-hydrogen) atoms. The second-order valence-corrected chi connectivity index (χ2v) is 8.44. The molecule has 9 heteroatoms. The van der Waals surface area contributed by atoms with E-state index in [9.17, 15) is 23.1 Å². The monoisotopic (exact) mass is 345 g/mol. The highest BCUT2D eigenvalue weighted by molar-refractivity contribution is 7.91. The van der Waals surface area contributed by atoms with E-state index < -0.39 is 33.9 Å². The van der Waals surface area contributed by atoms with Gasteiger partial charge in [0.15, 0.2) is 0 Å². The zero-order valence-electron chi connectivity index (χ0n) is 11.8. The van der Waals surface area contributed by atoms with Crippen molar-refractivity contribution in [2.45, 2.75) is 35.6 Å². The van der Waals surface area contributed by atoms with E-state index in [1.54, 1.807) is 0 Å². The number of sulfonamides is 1. The summed E-state index contributed by atoms with van der Waals surface area (Å²) in [6.45, 7) is 0. The molecule has 2 aliphatic rings. The zero-order chi connectivity index (χ0) is 16.1. The van der Waals surface area contributed by atoms with Gasteiger partial charge in [0.2, 0.25) is 0 Å². The van der Waals surface area contributed by atoms with Gasteiger partial charge in [0.25, 0.3) is 10.0 Å². The Morgan fingerprint density at radius 2 is 2.14 bits per heavy atom. The fraction of sp³-hybridized carbons (Fsp3) is 0.538. The number of carboxylic acids is 1. The molecule has 0 amide bonds. The number of fused-ring (bicyclic) bond motifs is 2. The first kappa shape index (κ1) is 15.4. The smallest absolute Gasteiger partial charge is 0.338 e. The predicted molar refractivity (Wildman–Crippen MR) is 77.2 cm³/mol. The lowest BCUT2D eigenvalue weighted by atomic mass is 9.89. The third-order valence-electron chi connectivity index (χ3n) is 4.32. The molecule has 0 radical (unpaired) electrons. The largest absolute Gasteiger partial charge is 0.481 e. The number of carbonyl (C=O) groups is 2. The van der Waals surface area contributed by atoms with Crippen molar-refractivity contribution in [2.24, 2.45) is 5.92 Å². The lowest BCUT2D eigenvalue weighted by molar-refractivity contribution is -0.142. The van der Waals surface area contributed by atoms with Gasteiger partial charge in [0.1, 0.15) is 4.21 Å². The van der Waals surface area contributed by atoms with Crippen LogP contribution in [0.2, 0.25) is 0 Å². The molecule has 2 bridgehead atoms. The van der Waals surface area contributed by atoms with Crippen LogP contribution in [-0.2, 0) is 19.6 Å². The van der Waals surface area contributed by atoms with Crippen LogP contribution in [0.1, 0.15) is 29.6 Å². The number of aliphatic carboxylic acids is 1. The molecule has 2 saturated heterocycles. The molecule has 1 N–H and O–H groups in total. The summed E-state index contributed by atoms with van der Waals surface area (Å²) in [7, 11) is -2.55. The lowest BCUT2D eigenvalue weighted by Crippen LogP contribution is -2.37. The lowest BCUT2D eigenvalue weighted by Gasteiger charge is -2.21. The Labute approximate surface area is 131 Å². The van der Waals surface area contributed by atoms with E-state index in [1.165, 1.54) is 22.9 Å². The first-order valence-electron chi connectivity index (χ1n) is 6.79. The van der Waals surface area contributed by atoms with Gasteiger partial charge < -0.3 is 9.84 Å². The Morgan fingerprint density at radius 3 is 2.73 bits per heavy atom. The second kappa shape index (κ2) is 5.32. The van der Waals surface area contributed by atoms with Crippen molar-refractivity contribution in [3.05, 3.63) is 17.0 Å². The maximum atomic E-state index is 12.8. The van der Waals surface area contributed by atoms with Gasteiger partial charge in [-0.1, -0.05) is 0 Å². The van der Waals surface area contributed by atoms with Gasteiger partial charge >= 0.3 is 11.9 Å². The molecule has 2 fully saturated rings. The van der Waals surface area contributed by atoms with Gasteiger partial charge in [0, 0.05) is 17.5 Å². The average molecular weight is 345 g/mol. The van der Waals surface area contributed by atoms with Crippen LogP contribution in [0.25, 0.3) is 0 Å². The van der Waals surface area contributed by atoms with Gasteiger partial charge in [-0.3, -0.25) is 4.79 Å². The van der Waals surface area contributed by atoms with E-state index in [-0.39, 0.29) is 15.8 Å². The Morgan fingerprint density at radius 1 is 1.41 bits per heavy atom. The van der Waals surface area contributed by atoms with Crippen molar-refractivity contribution >= 4 is 33.3 Å². The highest BCUT2D eigenvalue weighted by atomic mass is 32.2. The van der Waals surface area contributed by atoms with Crippen molar-refractivity contribution in [1.29, 1.82) is 0 Å². The fourth-order valence-electron chi connectivity index (χ4n) is 3.36. The first-order valence-corrected chi connectivity index (χ1v) is 9.11. The third-order valence-corrected chi connectivity index (χ3v) is 7.71. The molecule has 0 aromatic carbocycles. The topological polar surface area (TPSA) is 101 Å². The molecule has 3 rings (SSSR count). The number of hydrogen-bond donors (Lipinski definition) is 1. The molecule has 0 aliphatic carbocycles. The highest BCUT2D eigenvalue weighted by Crippen LogP contribution is 2.45. The molecule has 3 unspecified atom stereocenters. The van der Waals surface area contributed by atoms with E-state index in [0.717, 1.165) is 11.3 Å². The standard InChI is InChI=1S/C13H15NO6S2/c1-20-13(17)7-4-11(21-6-7)22(18,19)14-8-2-3-10(14)9(5-8)12(15)16/h4,6,8-10H,2-3,5H2,1H3,(H,15,16). The minimum Gasteiger partial charge on any atom is -0.481 e. The minimum atomic E-state index is -3.78. The molecular formula is C13H15NO6S2. The van der Waals surface area contributed by atoms with E-state index >= 15 is 0 Å². The summed E-state index contributed by atoms with van der Waals surface area (Å²) >= 11 is 0.951. The first-order chi connectivity index (χ1) is 10.4. The summed E-state index contributed by atoms with van der Waals surface area (Å²) in [5.41, 5.74) is 0.187. The summed E-state index contributed by atoms with van der Waals surface area (Å²) < 4.78 is 31.5. The van der Waals surface area contributed by atoms with Crippen LogP contribution >= 0.6 is 11.3 Å². The Bertz CT molecular complexity index is 725. The molecule has 7 nitrogen and oxygen atoms in total. The molecule has 0 saturated carbocycles. The van der Waals surface area contributed by atoms with Crippen LogP contribution in [-0.4, -0.2) is 49.0 Å². The van der Waals surface area contributed by atoms with Gasteiger partial charge in [0.05, 0.1) is 18.6 Å². The van der Waals surface area contributed by atoms with E-state index in [1.807, 2.05) is 0 Å². The average Bonchev–Trinajstić information content (AvgIpc) is 3.19. The molecule has 120 valence electrons. The normalized spacial score (nSPS) is 28.0. The number of nitrogens with zero attached hydrogens (tertiary/aromatic N) is 1. The summed E-state index contributed by atoms with van der Waals surface area (Å²) in [6.07, 6.45) is 1.60. The van der Waals surface area contributed by atoms with Gasteiger partial charge in [-0.2, -0.15) is 4.31 Å². The maximum absolute atomic E-state index is 12.8. The van der Waals surface area contributed by atoms with Crippen LogP contribution in [0.3, 0.4) is 0 Å². The number of esters is 1. The highest BCUT2D eigenvalue weighted by Gasteiger charge is 2.54. The molecule has 1 aromatic rings. The number of rotatable bonds is 4. The van der Waals surface area contributed by atoms with Crippen LogP contribution < -0.4 is 0 Å². The van der Waals surface area contributed by atoms with Crippen molar-refractivity contribution in [3.8, 4) is 0 Å². The van der Waals surface area contributed by atoms with E-state index in [4.69, 9.17) is 0 Å². The summed E-state index contributed by atoms with van der Waals surface area (Å²) in [6, 6.07) is 0.537. The number of thiophene rings is 1. The quantitative estimate of drug-likeness (QED) is 0.822. The van der Waals surface area contributed by atoms with Crippen LogP contribution in [0.15, 0.2) is 15.7 Å². The van der Waals surface area contributed by atoms with Crippen LogP contribution in [0, 0.1) is 5.92 Å². The Balaban J connectivity index is 1.92. The minimum absolute atomic E-state index is 0.0517. The van der Waals surface area contributed by atoms with Gasteiger partial charge in [-0.25, -0.2) is 13.2 Å². The van der Waals surface area contributed by atoms with E-state index in [0.29, 0.717) is 19.3 Å². The van der Waals surface area contributed by atoms with Crippen molar-refractivity contribution < 1.29 is 27.9 Å². The second-order valence-electron chi connectivity index (χ2n) is 5.46. The van der Waals surface area contributed by atoms with Crippen LogP contribution in [0.4, 0.5) is 0 Å². The van der Waals surface area contributed by atoms with Gasteiger partial charge in [-0.15, -0.1) is 11.3 Å². The summed E-state index contributed by atoms with van der Waals surface area (Å²) in [4.78, 5) is 22.7. The molecule has 3 heterocycles. The fourth-order valence-corrected chi connectivity index (χ4v) is 6.53. The number of carboxylic acid groups (broad SMARTS) is 1. The molecular weight excluding hydrogens is 330 g/mol. The number of carbonyl (C=O) groups excluding carboxylic acids is 1. The number of hydrogen-bond acceptors (Lipinski definition) is 6. The molecule has 1 aromatic heterocycles. The molecule has 0 spiro atoms. The number of methoxy groups -OCH3 is 1.